The zero-order chi connectivity index (χ0) is 14.1. The second kappa shape index (κ2) is 5.01. The van der Waals surface area contributed by atoms with E-state index >= 15 is 0 Å². The lowest BCUT2D eigenvalue weighted by atomic mass is 10.1. The van der Waals surface area contributed by atoms with Gasteiger partial charge in [0.1, 0.15) is 5.00 Å². The molecule has 0 unspecified atom stereocenters. The van der Waals surface area contributed by atoms with E-state index in [4.69, 9.17) is 10.3 Å². The van der Waals surface area contributed by atoms with Gasteiger partial charge in [-0.2, -0.15) is 9.36 Å². The van der Waals surface area contributed by atoms with Gasteiger partial charge in [0.15, 0.2) is 0 Å². The summed E-state index contributed by atoms with van der Waals surface area (Å²) in [5, 5.41) is 4.63. The molecule has 0 fully saturated rings. The average Bonchev–Trinajstić information content (AvgIpc) is 3.06. The summed E-state index contributed by atoms with van der Waals surface area (Å²) < 4.78 is 9.52. The Bertz CT molecular complexity index is 729. The van der Waals surface area contributed by atoms with E-state index in [-0.39, 0.29) is 0 Å². The molecular formula is C13H13N5OS. The summed E-state index contributed by atoms with van der Waals surface area (Å²) in [5.41, 5.74) is 9.42. The Hall–Kier alpha value is -2.28. The molecule has 0 aliphatic heterocycles. The van der Waals surface area contributed by atoms with Gasteiger partial charge < -0.3 is 10.3 Å². The lowest BCUT2D eigenvalue weighted by molar-refractivity contribution is 0.432. The first kappa shape index (κ1) is 12.7. The fourth-order valence-corrected chi connectivity index (χ4v) is 2.66. The van der Waals surface area contributed by atoms with Gasteiger partial charge in [-0.1, -0.05) is 12.1 Å². The van der Waals surface area contributed by atoms with Gasteiger partial charge >= 0.3 is 0 Å². The minimum atomic E-state index is 0.405. The van der Waals surface area contributed by atoms with Crippen LogP contribution in [-0.2, 0) is 6.42 Å². The largest absolute Gasteiger partial charge is 0.389 e. The highest BCUT2D eigenvalue weighted by Gasteiger charge is 2.19. The summed E-state index contributed by atoms with van der Waals surface area (Å²) in [6.45, 7) is 3.93. The summed E-state index contributed by atoms with van der Waals surface area (Å²) in [6, 6.07) is 1.88. The average molecular weight is 287 g/mol. The number of aromatic nitrogens is 4. The van der Waals surface area contributed by atoms with Gasteiger partial charge in [0, 0.05) is 18.0 Å². The van der Waals surface area contributed by atoms with Crippen LogP contribution >= 0.6 is 11.5 Å². The monoisotopic (exact) mass is 287 g/mol. The van der Waals surface area contributed by atoms with Gasteiger partial charge in [0.05, 0.1) is 11.3 Å². The molecule has 3 aromatic rings. The molecule has 3 heterocycles. The van der Waals surface area contributed by atoms with Crippen LogP contribution in [0.15, 0.2) is 23.0 Å². The summed E-state index contributed by atoms with van der Waals surface area (Å²) in [7, 11) is 0. The maximum atomic E-state index is 5.90. The second-order valence-corrected chi connectivity index (χ2v) is 5.12. The van der Waals surface area contributed by atoms with E-state index in [1.165, 1.54) is 11.5 Å². The molecule has 3 rings (SSSR count). The first-order valence-electron chi connectivity index (χ1n) is 6.19. The minimum absolute atomic E-state index is 0.405. The van der Waals surface area contributed by atoms with Crippen molar-refractivity contribution < 1.29 is 4.52 Å². The van der Waals surface area contributed by atoms with Crippen molar-refractivity contribution >= 4 is 16.5 Å². The van der Waals surface area contributed by atoms with E-state index in [0.29, 0.717) is 16.7 Å². The molecule has 2 N–H and O–H groups in total. The summed E-state index contributed by atoms with van der Waals surface area (Å²) >= 11 is 1.23. The molecule has 0 bridgehead atoms. The first-order chi connectivity index (χ1) is 9.70. The first-order valence-corrected chi connectivity index (χ1v) is 6.97. The zero-order valence-electron chi connectivity index (χ0n) is 11.1. The number of hydrogen-bond acceptors (Lipinski definition) is 7. The smallest absolute Gasteiger partial charge is 0.263 e. The van der Waals surface area contributed by atoms with Crippen molar-refractivity contribution in [2.24, 2.45) is 0 Å². The Morgan fingerprint density at radius 1 is 1.40 bits per heavy atom. The molecule has 0 spiro atoms. The number of rotatable bonds is 3. The molecule has 0 amide bonds. The Labute approximate surface area is 119 Å². The van der Waals surface area contributed by atoms with Crippen molar-refractivity contribution in [2.75, 3.05) is 5.73 Å². The number of nitrogens with two attached hydrogens (primary N) is 1. The predicted octanol–water partition coefficient (Wildman–Crippen LogP) is 2.71. The van der Waals surface area contributed by atoms with Crippen molar-refractivity contribution in [2.45, 2.75) is 20.3 Å². The normalized spacial score (nSPS) is 10.9. The number of aryl methyl sites for hydroxylation is 2. The van der Waals surface area contributed by atoms with Gasteiger partial charge in [0.25, 0.3) is 5.89 Å². The van der Waals surface area contributed by atoms with Crippen molar-refractivity contribution in [3.05, 3.63) is 29.7 Å². The van der Waals surface area contributed by atoms with Crippen LogP contribution in [0.2, 0.25) is 0 Å². The molecule has 0 aromatic carbocycles. The molecule has 0 saturated carbocycles. The summed E-state index contributed by atoms with van der Waals surface area (Å²) in [5.74, 6) is 0.951. The predicted molar refractivity (Wildman–Crippen MR) is 77.2 cm³/mol. The number of nitrogen functional groups attached to an aromatic ring is 1. The van der Waals surface area contributed by atoms with Gasteiger partial charge in [-0.3, -0.25) is 4.98 Å². The van der Waals surface area contributed by atoms with E-state index in [2.05, 4.69) is 26.4 Å². The maximum Gasteiger partial charge on any atom is 0.263 e. The lowest BCUT2D eigenvalue weighted by Crippen LogP contribution is -1.91. The van der Waals surface area contributed by atoms with Crippen LogP contribution in [0.1, 0.15) is 18.2 Å². The summed E-state index contributed by atoms with van der Waals surface area (Å²) in [4.78, 5) is 8.55. The van der Waals surface area contributed by atoms with Crippen LogP contribution in [0.25, 0.3) is 22.8 Å². The van der Waals surface area contributed by atoms with Crippen LogP contribution in [0, 0.1) is 6.92 Å². The third-order valence-electron chi connectivity index (χ3n) is 3.05. The number of pyridine rings is 1. The van der Waals surface area contributed by atoms with Gasteiger partial charge in [-0.15, -0.1) is 0 Å². The van der Waals surface area contributed by atoms with E-state index in [9.17, 15) is 0 Å². The van der Waals surface area contributed by atoms with E-state index in [0.717, 1.165) is 28.8 Å². The molecule has 0 atom stereocenters. The molecular weight excluding hydrogens is 274 g/mol. The molecule has 102 valence electrons. The lowest BCUT2D eigenvalue weighted by Gasteiger charge is -2.00. The number of anilines is 1. The highest BCUT2D eigenvalue weighted by molar-refractivity contribution is 7.10. The third kappa shape index (κ3) is 2.05. The van der Waals surface area contributed by atoms with Crippen LogP contribution in [0.3, 0.4) is 0 Å². The van der Waals surface area contributed by atoms with Crippen LogP contribution in [0.5, 0.6) is 0 Å². The molecule has 0 radical (unpaired) electrons. The fourth-order valence-electron chi connectivity index (χ4n) is 2.01. The highest BCUT2D eigenvalue weighted by atomic mass is 32.1. The third-order valence-corrected chi connectivity index (χ3v) is 3.82. The zero-order valence-corrected chi connectivity index (χ0v) is 11.9. The molecule has 20 heavy (non-hydrogen) atoms. The molecule has 0 saturated heterocycles. The standard InChI is InChI=1S/C13H13N5OS/c1-3-8-6-15-5-4-9(8)12-16-13(19-17-12)10-7(2)18-20-11(10)14/h4-6H,3,14H2,1-2H3. The van der Waals surface area contributed by atoms with Crippen molar-refractivity contribution in [1.29, 1.82) is 0 Å². The topological polar surface area (TPSA) is 90.7 Å². The molecule has 7 heteroatoms. The van der Waals surface area contributed by atoms with Crippen molar-refractivity contribution in [1.82, 2.24) is 19.5 Å². The Morgan fingerprint density at radius 2 is 2.25 bits per heavy atom. The molecule has 0 aliphatic rings. The fraction of sp³-hybridized carbons (Fsp3) is 0.231. The number of nitrogens with zero attached hydrogens (tertiary/aromatic N) is 4. The van der Waals surface area contributed by atoms with Gasteiger partial charge in [0.2, 0.25) is 5.82 Å². The maximum absolute atomic E-state index is 5.90. The van der Waals surface area contributed by atoms with E-state index < -0.39 is 0 Å². The van der Waals surface area contributed by atoms with Gasteiger partial charge in [-0.05, 0) is 36.5 Å². The highest BCUT2D eigenvalue weighted by Crippen LogP contribution is 2.32. The van der Waals surface area contributed by atoms with Crippen LogP contribution < -0.4 is 5.73 Å². The SMILES string of the molecule is CCc1cnccc1-c1noc(-c2c(C)nsc2N)n1. The van der Waals surface area contributed by atoms with Crippen LogP contribution in [0.4, 0.5) is 5.00 Å². The van der Waals surface area contributed by atoms with E-state index in [1.54, 1.807) is 6.20 Å². The Kier molecular flexibility index (Phi) is 3.19. The van der Waals surface area contributed by atoms with Crippen molar-refractivity contribution in [3.63, 3.8) is 0 Å². The summed E-state index contributed by atoms with van der Waals surface area (Å²) in [6.07, 6.45) is 4.39. The molecule has 0 aliphatic carbocycles. The molecule has 3 aromatic heterocycles. The Balaban J connectivity index is 2.07. The quantitative estimate of drug-likeness (QED) is 0.796. The molecule has 6 nitrogen and oxygen atoms in total. The Morgan fingerprint density at radius 3 is 2.95 bits per heavy atom. The van der Waals surface area contributed by atoms with E-state index in [1.807, 2.05) is 19.2 Å². The minimum Gasteiger partial charge on any atom is -0.389 e. The van der Waals surface area contributed by atoms with Gasteiger partial charge in [-0.25, -0.2) is 0 Å². The number of hydrogen-bond donors (Lipinski definition) is 1. The van der Waals surface area contributed by atoms with Crippen molar-refractivity contribution in [3.8, 4) is 22.8 Å². The second-order valence-electron chi connectivity index (χ2n) is 4.32. The van der Waals surface area contributed by atoms with Crippen LogP contribution in [-0.4, -0.2) is 19.5 Å².